The quantitative estimate of drug-likeness (QED) is 0.687. The molecule has 1 saturated heterocycles. The Bertz CT molecular complexity index is 949. The second kappa shape index (κ2) is 7.71. The van der Waals surface area contributed by atoms with Crippen molar-refractivity contribution in [1.29, 1.82) is 0 Å². The predicted molar refractivity (Wildman–Crippen MR) is 109 cm³/mol. The molecule has 0 aromatic heterocycles. The Morgan fingerprint density at radius 2 is 1.74 bits per heavy atom. The van der Waals surface area contributed by atoms with Gasteiger partial charge in [-0.05, 0) is 46.4 Å². The van der Waals surface area contributed by atoms with Gasteiger partial charge in [0.2, 0.25) is 0 Å². The van der Waals surface area contributed by atoms with Crippen LogP contribution in [0.2, 0.25) is 5.02 Å². The fourth-order valence-corrected chi connectivity index (χ4v) is 4.30. The lowest BCUT2D eigenvalue weighted by Gasteiger charge is -2.17. The minimum absolute atomic E-state index is 0.110. The monoisotopic (exact) mass is 379 g/mol. The van der Waals surface area contributed by atoms with E-state index in [4.69, 9.17) is 11.6 Å². The van der Waals surface area contributed by atoms with Crippen molar-refractivity contribution in [2.75, 3.05) is 13.1 Å². The summed E-state index contributed by atoms with van der Waals surface area (Å²) in [6.45, 7) is 2.17. The van der Waals surface area contributed by atoms with Gasteiger partial charge in [-0.25, -0.2) is 0 Å². The molecule has 1 aliphatic heterocycles. The molecule has 27 heavy (non-hydrogen) atoms. The number of carboxylic acid groups (broad SMARTS) is 1. The van der Waals surface area contributed by atoms with Crippen molar-refractivity contribution < 1.29 is 9.90 Å². The number of benzene rings is 3. The first-order chi connectivity index (χ1) is 13.1. The van der Waals surface area contributed by atoms with Gasteiger partial charge in [0.05, 0.1) is 5.92 Å². The number of fused-ring (bicyclic) bond motifs is 1. The number of likely N-dealkylation sites (tertiary alicyclic amines) is 1. The van der Waals surface area contributed by atoms with E-state index in [-0.39, 0.29) is 11.8 Å². The van der Waals surface area contributed by atoms with E-state index in [1.807, 2.05) is 30.3 Å². The van der Waals surface area contributed by atoms with Gasteiger partial charge in [-0.2, -0.15) is 0 Å². The fraction of sp³-hybridized carbons (Fsp3) is 0.261. The molecule has 0 bridgehead atoms. The van der Waals surface area contributed by atoms with Crippen molar-refractivity contribution in [3.8, 4) is 0 Å². The topological polar surface area (TPSA) is 40.5 Å². The lowest BCUT2D eigenvalue weighted by Crippen LogP contribution is -2.24. The number of hydrogen-bond acceptors (Lipinski definition) is 2. The second-order valence-corrected chi connectivity index (χ2v) is 7.80. The second-order valence-electron chi connectivity index (χ2n) is 7.37. The van der Waals surface area contributed by atoms with Crippen molar-refractivity contribution in [3.05, 3.63) is 82.9 Å². The highest BCUT2D eigenvalue weighted by Gasteiger charge is 2.37. The SMILES string of the molecule is O=C(O)C1CN(Cc2cccc3ccccc23)CC1Cc1ccc(Cl)cc1. The van der Waals surface area contributed by atoms with Gasteiger partial charge in [0.15, 0.2) is 0 Å². The van der Waals surface area contributed by atoms with E-state index in [1.54, 1.807) is 0 Å². The largest absolute Gasteiger partial charge is 0.481 e. The maximum atomic E-state index is 11.8. The van der Waals surface area contributed by atoms with E-state index in [0.717, 1.165) is 25.1 Å². The van der Waals surface area contributed by atoms with Crippen molar-refractivity contribution >= 4 is 28.3 Å². The Kier molecular flexibility index (Phi) is 5.15. The number of carboxylic acids is 1. The average molecular weight is 380 g/mol. The summed E-state index contributed by atoms with van der Waals surface area (Å²) in [7, 11) is 0. The van der Waals surface area contributed by atoms with Crippen LogP contribution >= 0.6 is 11.6 Å². The summed E-state index contributed by atoms with van der Waals surface area (Å²) < 4.78 is 0. The zero-order valence-electron chi connectivity index (χ0n) is 15.0. The molecular formula is C23H22ClNO2. The normalized spacial score (nSPS) is 20.2. The van der Waals surface area contributed by atoms with Crippen LogP contribution in [0, 0.1) is 11.8 Å². The molecule has 1 fully saturated rings. The van der Waals surface area contributed by atoms with E-state index < -0.39 is 5.97 Å². The Morgan fingerprint density at radius 1 is 1.00 bits per heavy atom. The summed E-state index contributed by atoms with van der Waals surface area (Å²) >= 11 is 5.97. The molecule has 0 aliphatic carbocycles. The van der Waals surface area contributed by atoms with Crippen molar-refractivity contribution in [2.24, 2.45) is 11.8 Å². The number of hydrogen-bond donors (Lipinski definition) is 1. The van der Waals surface area contributed by atoms with Crippen LogP contribution in [0.25, 0.3) is 10.8 Å². The molecule has 3 nitrogen and oxygen atoms in total. The van der Waals surface area contributed by atoms with E-state index >= 15 is 0 Å². The third-order valence-electron chi connectivity index (χ3n) is 5.52. The zero-order chi connectivity index (χ0) is 18.8. The summed E-state index contributed by atoms with van der Waals surface area (Å²) in [5.41, 5.74) is 2.40. The number of aliphatic carboxylic acids is 1. The van der Waals surface area contributed by atoms with Gasteiger partial charge < -0.3 is 5.11 Å². The summed E-state index contributed by atoms with van der Waals surface area (Å²) in [6.07, 6.45) is 0.764. The molecule has 1 heterocycles. The molecule has 4 heteroatoms. The maximum Gasteiger partial charge on any atom is 0.308 e. The van der Waals surface area contributed by atoms with Crippen LogP contribution in [-0.2, 0) is 17.8 Å². The molecule has 1 N–H and O–H groups in total. The molecule has 2 atom stereocenters. The van der Waals surface area contributed by atoms with Crippen LogP contribution in [0.3, 0.4) is 0 Å². The molecule has 3 aromatic carbocycles. The average Bonchev–Trinajstić information content (AvgIpc) is 3.06. The maximum absolute atomic E-state index is 11.8. The summed E-state index contributed by atoms with van der Waals surface area (Å²) in [5.74, 6) is -0.927. The van der Waals surface area contributed by atoms with E-state index in [1.165, 1.54) is 16.3 Å². The van der Waals surface area contributed by atoms with Crippen LogP contribution in [0.15, 0.2) is 66.7 Å². The summed E-state index contributed by atoms with van der Waals surface area (Å²) in [4.78, 5) is 14.1. The number of carbonyl (C=O) groups is 1. The predicted octanol–water partition coefficient (Wildman–Crippen LogP) is 4.87. The van der Waals surface area contributed by atoms with Crippen LogP contribution in [0.5, 0.6) is 0 Å². The molecule has 0 saturated carbocycles. The fourth-order valence-electron chi connectivity index (χ4n) is 4.17. The number of nitrogens with zero attached hydrogens (tertiary/aromatic N) is 1. The highest BCUT2D eigenvalue weighted by atomic mass is 35.5. The Morgan fingerprint density at radius 3 is 2.52 bits per heavy atom. The van der Waals surface area contributed by atoms with Crippen molar-refractivity contribution in [2.45, 2.75) is 13.0 Å². The standard InChI is InChI=1S/C23H22ClNO2/c24-20-10-8-16(9-11-20)12-19-14-25(15-22(19)23(26)27)13-18-6-3-5-17-4-1-2-7-21(17)18/h1-11,19,22H,12-15H2,(H,26,27). The molecule has 138 valence electrons. The van der Waals surface area contributed by atoms with Gasteiger partial charge in [0, 0.05) is 24.7 Å². The first-order valence-electron chi connectivity index (χ1n) is 9.26. The Labute approximate surface area is 164 Å². The molecule has 4 rings (SSSR count). The first-order valence-corrected chi connectivity index (χ1v) is 9.64. The summed E-state index contributed by atoms with van der Waals surface area (Å²) in [6, 6.07) is 22.4. The van der Waals surface area contributed by atoms with Crippen molar-refractivity contribution in [1.82, 2.24) is 4.90 Å². The van der Waals surface area contributed by atoms with Crippen LogP contribution in [0.4, 0.5) is 0 Å². The third-order valence-corrected chi connectivity index (χ3v) is 5.77. The van der Waals surface area contributed by atoms with Gasteiger partial charge in [0.1, 0.15) is 0 Å². The highest BCUT2D eigenvalue weighted by Crippen LogP contribution is 2.30. The first kappa shape index (κ1) is 18.0. The zero-order valence-corrected chi connectivity index (χ0v) is 15.8. The molecule has 0 radical (unpaired) electrons. The van der Waals surface area contributed by atoms with Gasteiger partial charge >= 0.3 is 5.97 Å². The minimum Gasteiger partial charge on any atom is -0.481 e. The van der Waals surface area contributed by atoms with Gasteiger partial charge in [-0.15, -0.1) is 0 Å². The molecule has 0 amide bonds. The van der Waals surface area contributed by atoms with Gasteiger partial charge in [0.25, 0.3) is 0 Å². The smallest absolute Gasteiger partial charge is 0.308 e. The van der Waals surface area contributed by atoms with Gasteiger partial charge in [-0.1, -0.05) is 66.2 Å². The van der Waals surface area contributed by atoms with Crippen LogP contribution in [0.1, 0.15) is 11.1 Å². The lowest BCUT2D eigenvalue weighted by molar-refractivity contribution is -0.142. The van der Waals surface area contributed by atoms with Crippen LogP contribution < -0.4 is 0 Å². The number of rotatable bonds is 5. The Hall–Kier alpha value is -2.36. The van der Waals surface area contributed by atoms with Gasteiger partial charge in [-0.3, -0.25) is 9.69 Å². The lowest BCUT2D eigenvalue weighted by atomic mass is 9.90. The van der Waals surface area contributed by atoms with Crippen LogP contribution in [-0.4, -0.2) is 29.1 Å². The molecular weight excluding hydrogens is 358 g/mol. The molecule has 1 aliphatic rings. The van der Waals surface area contributed by atoms with E-state index in [9.17, 15) is 9.90 Å². The molecule has 0 spiro atoms. The third kappa shape index (κ3) is 4.00. The number of halogens is 1. The van der Waals surface area contributed by atoms with Crippen molar-refractivity contribution in [3.63, 3.8) is 0 Å². The molecule has 2 unspecified atom stereocenters. The van der Waals surface area contributed by atoms with E-state index in [0.29, 0.717) is 11.6 Å². The minimum atomic E-state index is -0.700. The summed E-state index contributed by atoms with van der Waals surface area (Å²) in [5, 5.41) is 12.9. The Balaban J connectivity index is 1.52. The van der Waals surface area contributed by atoms with E-state index in [2.05, 4.69) is 41.3 Å². The highest BCUT2D eigenvalue weighted by molar-refractivity contribution is 6.30. The molecule has 3 aromatic rings.